The lowest BCUT2D eigenvalue weighted by molar-refractivity contribution is 0.102. The van der Waals surface area contributed by atoms with E-state index in [1.165, 1.54) is 4.31 Å². The van der Waals surface area contributed by atoms with Crippen LogP contribution in [0.1, 0.15) is 41.6 Å². The summed E-state index contributed by atoms with van der Waals surface area (Å²) in [5.74, 6) is -0.284. The Balaban J connectivity index is 1.17. The standard InChI is InChI=1S/C30H36N4O5S2/c35-30(31-27-13-15-29(16-14-27)41(38,39)33-17-6-1-2-7-18-33)26-10-8-9-25(23-26)24-32-19-21-34(22-20-32)40(36,37)28-11-4-3-5-12-28/h3-5,8-16,23H,1-2,6-7,17-22,24H2,(H,31,35). The van der Waals surface area contributed by atoms with Crippen LogP contribution < -0.4 is 5.32 Å². The Kier molecular flexibility index (Phi) is 9.20. The normalized spacial score (nSPS) is 18.0. The van der Waals surface area contributed by atoms with Crippen LogP contribution in [-0.2, 0) is 26.6 Å². The molecule has 3 aromatic rings. The van der Waals surface area contributed by atoms with Crippen molar-refractivity contribution in [3.8, 4) is 0 Å². The Morgan fingerprint density at radius 2 is 1.22 bits per heavy atom. The maximum absolute atomic E-state index is 13.0. The molecule has 218 valence electrons. The number of anilines is 1. The number of hydrogen-bond acceptors (Lipinski definition) is 6. The highest BCUT2D eigenvalue weighted by atomic mass is 32.2. The fourth-order valence-electron chi connectivity index (χ4n) is 5.28. The van der Waals surface area contributed by atoms with Gasteiger partial charge in [0, 0.05) is 57.1 Å². The smallest absolute Gasteiger partial charge is 0.255 e. The molecule has 9 nitrogen and oxygen atoms in total. The minimum atomic E-state index is -3.55. The highest BCUT2D eigenvalue weighted by Crippen LogP contribution is 2.23. The summed E-state index contributed by atoms with van der Waals surface area (Å²) < 4.78 is 54.9. The first-order valence-corrected chi connectivity index (χ1v) is 16.9. The predicted octanol–water partition coefficient (Wildman–Crippen LogP) is 4.01. The molecule has 3 aromatic carbocycles. The molecule has 11 heteroatoms. The SMILES string of the molecule is O=C(Nc1ccc(S(=O)(=O)N2CCCCCC2)cc1)c1cccc(CN2CCN(S(=O)(=O)c3ccccc3)CC2)c1. The number of nitrogens with one attached hydrogen (secondary N) is 1. The summed E-state index contributed by atoms with van der Waals surface area (Å²) in [6.07, 6.45) is 3.85. The van der Waals surface area contributed by atoms with E-state index in [-0.39, 0.29) is 10.8 Å². The van der Waals surface area contributed by atoms with Gasteiger partial charge in [-0.3, -0.25) is 9.69 Å². The lowest BCUT2D eigenvalue weighted by Crippen LogP contribution is -2.48. The van der Waals surface area contributed by atoms with Crippen molar-refractivity contribution in [2.24, 2.45) is 0 Å². The molecule has 2 fully saturated rings. The van der Waals surface area contributed by atoms with Crippen molar-refractivity contribution >= 4 is 31.6 Å². The van der Waals surface area contributed by atoms with E-state index >= 15 is 0 Å². The van der Waals surface area contributed by atoms with Crippen molar-refractivity contribution in [1.82, 2.24) is 13.5 Å². The van der Waals surface area contributed by atoms with E-state index in [4.69, 9.17) is 0 Å². The molecule has 0 unspecified atom stereocenters. The van der Waals surface area contributed by atoms with Crippen LogP contribution in [0.15, 0.2) is 88.7 Å². The molecule has 0 spiro atoms. The molecule has 2 aliphatic rings. The zero-order chi connectivity index (χ0) is 28.9. The Bertz CT molecular complexity index is 1550. The number of benzene rings is 3. The van der Waals surface area contributed by atoms with Gasteiger partial charge in [-0.2, -0.15) is 8.61 Å². The first kappa shape index (κ1) is 29.4. The summed E-state index contributed by atoms with van der Waals surface area (Å²) in [4.78, 5) is 15.7. The zero-order valence-corrected chi connectivity index (χ0v) is 24.6. The van der Waals surface area contributed by atoms with Gasteiger partial charge in [0.25, 0.3) is 5.91 Å². The summed E-state index contributed by atoms with van der Waals surface area (Å²) in [6.45, 7) is 3.68. The summed E-state index contributed by atoms with van der Waals surface area (Å²) in [5, 5.41) is 2.86. The van der Waals surface area contributed by atoms with Crippen molar-refractivity contribution < 1.29 is 21.6 Å². The molecule has 0 radical (unpaired) electrons. The number of carbonyl (C=O) groups is 1. The quantitative estimate of drug-likeness (QED) is 0.421. The first-order valence-electron chi connectivity index (χ1n) is 14.0. The van der Waals surface area contributed by atoms with Gasteiger partial charge < -0.3 is 5.32 Å². The maximum Gasteiger partial charge on any atom is 0.255 e. The molecular weight excluding hydrogens is 560 g/mol. The lowest BCUT2D eigenvalue weighted by Gasteiger charge is -2.34. The second-order valence-electron chi connectivity index (χ2n) is 10.5. The van der Waals surface area contributed by atoms with Gasteiger partial charge in [-0.15, -0.1) is 0 Å². The molecule has 5 rings (SSSR count). The van der Waals surface area contributed by atoms with Crippen LogP contribution in [0.5, 0.6) is 0 Å². The Morgan fingerprint density at radius 3 is 1.85 bits per heavy atom. The van der Waals surface area contributed by atoms with Gasteiger partial charge in [0.2, 0.25) is 20.0 Å². The fourth-order valence-corrected chi connectivity index (χ4v) is 8.24. The van der Waals surface area contributed by atoms with Crippen LogP contribution in [0, 0.1) is 0 Å². The summed E-state index contributed by atoms with van der Waals surface area (Å²) >= 11 is 0. The average Bonchev–Trinajstić information content (AvgIpc) is 3.29. The monoisotopic (exact) mass is 596 g/mol. The van der Waals surface area contributed by atoms with Crippen LogP contribution in [0.2, 0.25) is 0 Å². The van der Waals surface area contributed by atoms with Gasteiger partial charge in [0.05, 0.1) is 9.79 Å². The van der Waals surface area contributed by atoms with Crippen molar-refractivity contribution in [2.45, 2.75) is 42.0 Å². The minimum Gasteiger partial charge on any atom is -0.322 e. The Morgan fingerprint density at radius 1 is 0.634 bits per heavy atom. The van der Waals surface area contributed by atoms with Crippen LogP contribution in [0.25, 0.3) is 0 Å². The van der Waals surface area contributed by atoms with Crippen LogP contribution in [0.4, 0.5) is 5.69 Å². The van der Waals surface area contributed by atoms with E-state index in [0.29, 0.717) is 62.0 Å². The summed E-state index contributed by atoms with van der Waals surface area (Å²) in [6, 6.07) is 22.2. The van der Waals surface area contributed by atoms with E-state index in [1.54, 1.807) is 65.0 Å². The Hall–Kier alpha value is -3.09. The molecule has 0 atom stereocenters. The second-order valence-corrected chi connectivity index (χ2v) is 14.4. The van der Waals surface area contributed by atoms with E-state index in [2.05, 4.69) is 10.2 Å². The molecular formula is C30H36N4O5S2. The first-order chi connectivity index (χ1) is 19.7. The predicted molar refractivity (Wildman–Crippen MR) is 159 cm³/mol. The van der Waals surface area contributed by atoms with Gasteiger partial charge in [-0.25, -0.2) is 16.8 Å². The molecule has 1 N–H and O–H groups in total. The van der Waals surface area contributed by atoms with Crippen molar-refractivity contribution in [2.75, 3.05) is 44.6 Å². The summed E-state index contributed by atoms with van der Waals surface area (Å²) in [7, 11) is -7.06. The van der Waals surface area contributed by atoms with Crippen LogP contribution >= 0.6 is 0 Å². The molecule has 0 saturated carbocycles. The maximum atomic E-state index is 13.0. The van der Waals surface area contributed by atoms with Crippen molar-refractivity contribution in [1.29, 1.82) is 0 Å². The van der Waals surface area contributed by atoms with Gasteiger partial charge in [-0.05, 0) is 66.9 Å². The molecule has 0 aliphatic carbocycles. The molecule has 0 bridgehead atoms. The number of sulfonamides is 2. The second kappa shape index (κ2) is 12.8. The largest absolute Gasteiger partial charge is 0.322 e. The summed E-state index contributed by atoms with van der Waals surface area (Å²) in [5.41, 5.74) is 1.97. The zero-order valence-electron chi connectivity index (χ0n) is 23.0. The van der Waals surface area contributed by atoms with Gasteiger partial charge >= 0.3 is 0 Å². The number of amides is 1. The fraction of sp³-hybridized carbons (Fsp3) is 0.367. The number of hydrogen-bond donors (Lipinski definition) is 1. The molecule has 41 heavy (non-hydrogen) atoms. The molecule has 2 aliphatic heterocycles. The number of piperazine rings is 1. The van der Waals surface area contributed by atoms with E-state index < -0.39 is 20.0 Å². The van der Waals surface area contributed by atoms with Crippen molar-refractivity contribution in [3.63, 3.8) is 0 Å². The molecule has 2 heterocycles. The van der Waals surface area contributed by atoms with Crippen molar-refractivity contribution in [3.05, 3.63) is 90.0 Å². The average molecular weight is 597 g/mol. The number of carbonyl (C=O) groups excluding carboxylic acids is 1. The van der Waals surface area contributed by atoms with Gasteiger partial charge in [0.1, 0.15) is 0 Å². The van der Waals surface area contributed by atoms with Gasteiger partial charge in [-0.1, -0.05) is 43.2 Å². The lowest BCUT2D eigenvalue weighted by atomic mass is 10.1. The molecule has 0 aromatic heterocycles. The molecule has 1 amide bonds. The van der Waals surface area contributed by atoms with Crippen LogP contribution in [0.3, 0.4) is 0 Å². The minimum absolute atomic E-state index is 0.232. The van der Waals surface area contributed by atoms with E-state index in [9.17, 15) is 21.6 Å². The third kappa shape index (κ3) is 7.04. The number of nitrogens with zero attached hydrogens (tertiary/aromatic N) is 3. The highest BCUT2D eigenvalue weighted by Gasteiger charge is 2.28. The van der Waals surface area contributed by atoms with E-state index in [1.807, 2.05) is 18.2 Å². The van der Waals surface area contributed by atoms with Gasteiger partial charge in [0.15, 0.2) is 0 Å². The van der Waals surface area contributed by atoms with E-state index in [0.717, 1.165) is 31.2 Å². The molecule has 2 saturated heterocycles. The highest BCUT2D eigenvalue weighted by molar-refractivity contribution is 7.89. The third-order valence-corrected chi connectivity index (χ3v) is 11.4. The Labute approximate surface area is 242 Å². The number of rotatable bonds is 8. The van der Waals surface area contributed by atoms with Crippen LogP contribution in [-0.4, -0.2) is 75.5 Å². The third-order valence-electron chi connectivity index (χ3n) is 7.62. The topological polar surface area (TPSA) is 107 Å².